The van der Waals surface area contributed by atoms with Crippen LogP contribution in [0.25, 0.3) is 0 Å². The average molecular weight is 195 g/mol. The zero-order valence-corrected chi connectivity index (χ0v) is 7.90. The first kappa shape index (κ1) is 10.5. The molecule has 1 unspecified atom stereocenters. The molecule has 1 atom stereocenters. The number of nitrogens with two attached hydrogens (primary N) is 1. The third-order valence-electron chi connectivity index (χ3n) is 2.05. The van der Waals surface area contributed by atoms with E-state index in [4.69, 9.17) is 15.9 Å². The molecule has 0 saturated carbocycles. The Morgan fingerprint density at radius 1 is 1.43 bits per heavy atom. The summed E-state index contributed by atoms with van der Waals surface area (Å²) in [5, 5.41) is 17.7. The second-order valence-corrected chi connectivity index (χ2v) is 3.53. The molecule has 76 valence electrons. The predicted molar refractivity (Wildman–Crippen MR) is 51.9 cm³/mol. The Kier molecular flexibility index (Phi) is 2.76. The van der Waals surface area contributed by atoms with E-state index in [2.05, 4.69) is 0 Å². The third-order valence-corrected chi connectivity index (χ3v) is 2.05. The van der Waals surface area contributed by atoms with E-state index in [0.717, 1.165) is 0 Å². The lowest BCUT2D eigenvalue weighted by atomic mass is 9.90. The Balaban J connectivity index is 2.91. The molecule has 14 heavy (non-hydrogen) atoms. The Labute approximate surface area is 82.0 Å². The number of hydrogen-bond acceptors (Lipinski definition) is 3. The van der Waals surface area contributed by atoms with Crippen molar-refractivity contribution in [1.29, 1.82) is 0 Å². The molecule has 1 aromatic rings. The van der Waals surface area contributed by atoms with Crippen LogP contribution in [0.3, 0.4) is 0 Å². The summed E-state index contributed by atoms with van der Waals surface area (Å²) in [7, 11) is 0. The number of carboxylic acid groups (broad SMARTS) is 1. The van der Waals surface area contributed by atoms with E-state index in [9.17, 15) is 4.79 Å². The average Bonchev–Trinajstić information content (AvgIpc) is 2.02. The van der Waals surface area contributed by atoms with Crippen LogP contribution >= 0.6 is 0 Å². The largest absolute Gasteiger partial charge is 0.508 e. The Morgan fingerprint density at radius 2 is 1.93 bits per heavy atom. The molecule has 0 aliphatic carbocycles. The monoisotopic (exact) mass is 195 g/mol. The van der Waals surface area contributed by atoms with Crippen molar-refractivity contribution >= 4 is 5.97 Å². The summed E-state index contributed by atoms with van der Waals surface area (Å²) in [5.74, 6) is -0.803. The summed E-state index contributed by atoms with van der Waals surface area (Å²) in [4.78, 5) is 10.5. The lowest BCUT2D eigenvalue weighted by Crippen LogP contribution is -2.35. The zero-order valence-electron chi connectivity index (χ0n) is 7.90. The van der Waals surface area contributed by atoms with Crippen LogP contribution in [0.4, 0.5) is 0 Å². The molecule has 0 amide bonds. The molecule has 0 radical (unpaired) electrons. The minimum atomic E-state index is -0.942. The topological polar surface area (TPSA) is 83.6 Å². The van der Waals surface area contributed by atoms with Crippen molar-refractivity contribution in [3.8, 4) is 5.75 Å². The minimum Gasteiger partial charge on any atom is -0.508 e. The molecule has 0 aliphatic rings. The fourth-order valence-corrected chi connectivity index (χ4v) is 1.26. The lowest BCUT2D eigenvalue weighted by molar-refractivity contribution is -0.138. The van der Waals surface area contributed by atoms with Crippen molar-refractivity contribution in [3.05, 3.63) is 29.8 Å². The number of benzene rings is 1. The van der Waals surface area contributed by atoms with E-state index >= 15 is 0 Å². The second kappa shape index (κ2) is 3.67. The molecular formula is C10H13NO3. The van der Waals surface area contributed by atoms with Gasteiger partial charge in [0.25, 0.3) is 0 Å². The van der Waals surface area contributed by atoms with E-state index in [-0.39, 0.29) is 12.2 Å². The van der Waals surface area contributed by atoms with Crippen molar-refractivity contribution in [2.75, 3.05) is 0 Å². The van der Waals surface area contributed by atoms with E-state index in [1.54, 1.807) is 19.1 Å². The Morgan fingerprint density at radius 3 is 2.36 bits per heavy atom. The maximum Gasteiger partial charge on any atom is 0.305 e. The van der Waals surface area contributed by atoms with Gasteiger partial charge >= 0.3 is 5.97 Å². The number of carboxylic acids is 1. The molecule has 0 aromatic heterocycles. The van der Waals surface area contributed by atoms with Gasteiger partial charge in [-0.15, -0.1) is 0 Å². The number of hydrogen-bond donors (Lipinski definition) is 3. The number of phenolic OH excluding ortho intramolecular Hbond substituents is 1. The molecular weight excluding hydrogens is 182 g/mol. The van der Waals surface area contributed by atoms with Crippen LogP contribution in [-0.2, 0) is 10.3 Å². The van der Waals surface area contributed by atoms with Crippen LogP contribution in [0, 0.1) is 0 Å². The first-order chi connectivity index (χ1) is 6.42. The Bertz CT molecular complexity index is 330. The van der Waals surface area contributed by atoms with Crippen molar-refractivity contribution < 1.29 is 15.0 Å². The molecule has 4 nitrogen and oxygen atoms in total. The summed E-state index contributed by atoms with van der Waals surface area (Å²) in [5.41, 5.74) is 5.62. The highest BCUT2D eigenvalue weighted by Gasteiger charge is 2.24. The van der Waals surface area contributed by atoms with Crippen LogP contribution in [0.15, 0.2) is 24.3 Å². The lowest BCUT2D eigenvalue weighted by Gasteiger charge is -2.22. The van der Waals surface area contributed by atoms with E-state index in [1.165, 1.54) is 12.1 Å². The Hall–Kier alpha value is -1.55. The fraction of sp³-hybridized carbons (Fsp3) is 0.300. The quantitative estimate of drug-likeness (QED) is 0.672. The van der Waals surface area contributed by atoms with Gasteiger partial charge in [-0.05, 0) is 24.6 Å². The van der Waals surface area contributed by atoms with Crippen LogP contribution in [0.5, 0.6) is 5.75 Å². The van der Waals surface area contributed by atoms with Gasteiger partial charge in [0.15, 0.2) is 0 Å². The summed E-state index contributed by atoms with van der Waals surface area (Å²) in [6.45, 7) is 1.65. The standard InChI is InChI=1S/C10H13NO3/c1-10(11,6-9(13)14)7-2-4-8(12)5-3-7/h2-5,12H,6,11H2,1H3,(H,13,14). The van der Waals surface area contributed by atoms with Gasteiger partial charge in [0.2, 0.25) is 0 Å². The van der Waals surface area contributed by atoms with Crippen molar-refractivity contribution in [2.45, 2.75) is 18.9 Å². The molecule has 4 heteroatoms. The van der Waals surface area contributed by atoms with Crippen molar-refractivity contribution in [3.63, 3.8) is 0 Å². The van der Waals surface area contributed by atoms with Crippen molar-refractivity contribution in [2.24, 2.45) is 5.73 Å². The SMILES string of the molecule is CC(N)(CC(=O)O)c1ccc(O)cc1. The third kappa shape index (κ3) is 2.47. The molecule has 0 aliphatic heterocycles. The van der Waals surface area contributed by atoms with Gasteiger partial charge in [0.05, 0.1) is 6.42 Å². The van der Waals surface area contributed by atoms with Gasteiger partial charge < -0.3 is 15.9 Å². The number of aliphatic carboxylic acids is 1. The highest BCUT2D eigenvalue weighted by atomic mass is 16.4. The van der Waals surface area contributed by atoms with E-state index < -0.39 is 11.5 Å². The summed E-state index contributed by atoms with van der Waals surface area (Å²) in [6.07, 6.45) is -0.141. The van der Waals surface area contributed by atoms with Gasteiger partial charge in [0.1, 0.15) is 5.75 Å². The highest BCUT2D eigenvalue weighted by molar-refractivity contribution is 5.68. The summed E-state index contributed by atoms with van der Waals surface area (Å²) in [6, 6.07) is 6.22. The van der Waals surface area contributed by atoms with Gasteiger partial charge in [-0.1, -0.05) is 12.1 Å². The number of rotatable bonds is 3. The molecule has 4 N–H and O–H groups in total. The summed E-state index contributed by atoms with van der Waals surface area (Å²) >= 11 is 0. The van der Waals surface area contributed by atoms with Crippen LogP contribution in [-0.4, -0.2) is 16.2 Å². The van der Waals surface area contributed by atoms with Crippen LogP contribution in [0.2, 0.25) is 0 Å². The minimum absolute atomic E-state index is 0.139. The fourth-order valence-electron chi connectivity index (χ4n) is 1.26. The molecule has 1 aromatic carbocycles. The highest BCUT2D eigenvalue weighted by Crippen LogP contribution is 2.23. The maximum absolute atomic E-state index is 10.5. The van der Waals surface area contributed by atoms with Gasteiger partial charge in [-0.2, -0.15) is 0 Å². The first-order valence-corrected chi connectivity index (χ1v) is 4.22. The molecule has 1 rings (SSSR count). The van der Waals surface area contributed by atoms with Crippen molar-refractivity contribution in [1.82, 2.24) is 0 Å². The molecule has 0 saturated heterocycles. The number of phenols is 1. The van der Waals surface area contributed by atoms with E-state index in [1.807, 2.05) is 0 Å². The second-order valence-electron chi connectivity index (χ2n) is 3.53. The molecule has 0 bridgehead atoms. The maximum atomic E-state index is 10.5. The number of aromatic hydroxyl groups is 1. The smallest absolute Gasteiger partial charge is 0.305 e. The van der Waals surface area contributed by atoms with Crippen LogP contribution < -0.4 is 5.73 Å². The molecule has 0 fully saturated rings. The van der Waals surface area contributed by atoms with Gasteiger partial charge in [0, 0.05) is 5.54 Å². The zero-order chi connectivity index (χ0) is 10.8. The van der Waals surface area contributed by atoms with E-state index in [0.29, 0.717) is 5.56 Å². The van der Waals surface area contributed by atoms with Crippen LogP contribution in [0.1, 0.15) is 18.9 Å². The first-order valence-electron chi connectivity index (χ1n) is 4.22. The number of carbonyl (C=O) groups is 1. The normalized spacial score (nSPS) is 14.7. The van der Waals surface area contributed by atoms with Gasteiger partial charge in [-0.25, -0.2) is 0 Å². The molecule has 0 spiro atoms. The van der Waals surface area contributed by atoms with Gasteiger partial charge in [-0.3, -0.25) is 4.79 Å². The molecule has 0 heterocycles. The summed E-state index contributed by atoms with van der Waals surface area (Å²) < 4.78 is 0. The predicted octanol–water partition coefficient (Wildman–Crippen LogP) is 1.04.